The summed E-state index contributed by atoms with van der Waals surface area (Å²) in [5, 5.41) is 0. The van der Waals surface area contributed by atoms with Gasteiger partial charge in [0.2, 0.25) is 0 Å². The topological polar surface area (TPSA) is 36.9 Å². The largest absolute Gasteiger partial charge is 0.496 e. The lowest BCUT2D eigenvalue weighted by molar-refractivity contribution is 0.110. The van der Waals surface area contributed by atoms with Gasteiger partial charge in [-0.25, -0.2) is 0 Å². The van der Waals surface area contributed by atoms with Crippen LogP contribution >= 0.6 is 0 Å². The van der Waals surface area contributed by atoms with E-state index in [0.717, 1.165) is 40.4 Å². The van der Waals surface area contributed by atoms with E-state index in [2.05, 4.69) is 124 Å². The van der Waals surface area contributed by atoms with Gasteiger partial charge in [0.1, 0.15) is 23.9 Å². The highest BCUT2D eigenvalue weighted by Gasteiger charge is 2.46. The quantitative estimate of drug-likeness (QED) is 0.132. The van der Waals surface area contributed by atoms with Gasteiger partial charge in [-0.05, 0) is 114 Å². The molecule has 0 radical (unpaired) electrons. The summed E-state index contributed by atoms with van der Waals surface area (Å²) in [5.41, 5.74) is 11.5. The number of fused-ring (bicyclic) bond motifs is 3. The van der Waals surface area contributed by atoms with E-state index in [-0.39, 0.29) is 0 Å². The summed E-state index contributed by atoms with van der Waals surface area (Å²) in [6.45, 7) is 10.8. The molecule has 1 atom stereocenters. The summed E-state index contributed by atoms with van der Waals surface area (Å²) in [5.74, 6) is 2.61. The first kappa shape index (κ1) is 30.5. The molecule has 1 aliphatic rings. The van der Waals surface area contributed by atoms with Crippen molar-refractivity contribution in [2.75, 3.05) is 33.5 Å². The Hall–Kier alpha value is -4.54. The second kappa shape index (κ2) is 13.2. The minimum Gasteiger partial charge on any atom is -0.496 e. The molecule has 0 N–H and O–H groups in total. The highest BCUT2D eigenvalue weighted by atomic mass is 16.5. The molecule has 5 aromatic carbocycles. The Balaban J connectivity index is 1.57. The lowest BCUT2D eigenvalue weighted by Gasteiger charge is -2.34. The third-order valence-electron chi connectivity index (χ3n) is 8.78. The number of rotatable bonds is 12. The van der Waals surface area contributed by atoms with Crippen LogP contribution < -0.4 is 14.2 Å². The van der Waals surface area contributed by atoms with Gasteiger partial charge in [-0.15, -0.1) is 0 Å². The normalized spacial score (nSPS) is 15.0. The van der Waals surface area contributed by atoms with Crippen molar-refractivity contribution in [2.45, 2.75) is 39.5 Å². The Morgan fingerprint density at radius 2 is 1.16 bits per heavy atom. The highest BCUT2D eigenvalue weighted by molar-refractivity contribution is 5.88. The van der Waals surface area contributed by atoms with Gasteiger partial charge in [0.25, 0.3) is 0 Å². The second-order valence-electron chi connectivity index (χ2n) is 11.7. The molecular formula is C41H42O4. The van der Waals surface area contributed by atoms with Crippen LogP contribution in [0, 0.1) is 13.8 Å². The van der Waals surface area contributed by atoms with Gasteiger partial charge in [-0.2, -0.15) is 0 Å². The van der Waals surface area contributed by atoms with Gasteiger partial charge in [0.05, 0.1) is 25.7 Å². The zero-order chi connectivity index (χ0) is 31.4. The molecule has 4 nitrogen and oxygen atoms in total. The molecule has 0 aromatic heterocycles. The van der Waals surface area contributed by atoms with Gasteiger partial charge in [0.15, 0.2) is 0 Å². The van der Waals surface area contributed by atoms with Crippen molar-refractivity contribution in [3.8, 4) is 39.5 Å². The summed E-state index contributed by atoms with van der Waals surface area (Å²) >= 11 is 0. The zero-order valence-corrected chi connectivity index (χ0v) is 27.0. The van der Waals surface area contributed by atoms with Crippen LogP contribution in [0.2, 0.25) is 0 Å². The number of ether oxygens (including phenoxy) is 4. The van der Waals surface area contributed by atoms with E-state index < -0.39 is 5.41 Å². The third-order valence-corrected chi connectivity index (χ3v) is 8.78. The van der Waals surface area contributed by atoms with Crippen LogP contribution in [0.25, 0.3) is 22.3 Å². The average molecular weight is 599 g/mol. The second-order valence-corrected chi connectivity index (χ2v) is 11.7. The maximum absolute atomic E-state index is 6.03. The maximum atomic E-state index is 6.03. The van der Waals surface area contributed by atoms with Gasteiger partial charge in [-0.3, -0.25) is 0 Å². The first-order valence-corrected chi connectivity index (χ1v) is 15.9. The molecule has 6 rings (SSSR count). The number of benzene rings is 5. The SMILES string of the molecule is CCCOc1ccc(C2(c3ccc(OCCOCC)cc3)c3cc(C)ccc3-c3ccc(-c4ccc(C)c(OC)c4)cc32)cc1. The fourth-order valence-electron chi connectivity index (χ4n) is 6.59. The minimum atomic E-state index is -0.547. The van der Waals surface area contributed by atoms with Crippen LogP contribution in [0.15, 0.2) is 103 Å². The molecule has 0 spiro atoms. The average Bonchev–Trinajstić information content (AvgIpc) is 3.36. The molecule has 1 unspecified atom stereocenters. The zero-order valence-electron chi connectivity index (χ0n) is 27.0. The van der Waals surface area contributed by atoms with Crippen LogP contribution in [0.5, 0.6) is 17.2 Å². The Labute approximate surface area is 267 Å². The Kier molecular flexibility index (Phi) is 8.95. The molecular weight excluding hydrogens is 556 g/mol. The van der Waals surface area contributed by atoms with Crippen LogP contribution in [-0.4, -0.2) is 33.5 Å². The lowest BCUT2D eigenvalue weighted by Crippen LogP contribution is -2.28. The van der Waals surface area contributed by atoms with Crippen LogP contribution in [0.1, 0.15) is 53.6 Å². The van der Waals surface area contributed by atoms with E-state index in [1.54, 1.807) is 7.11 Å². The molecule has 0 heterocycles. The number of hydrogen-bond donors (Lipinski definition) is 0. The molecule has 0 amide bonds. The molecule has 5 aromatic rings. The van der Waals surface area contributed by atoms with E-state index in [1.165, 1.54) is 38.9 Å². The van der Waals surface area contributed by atoms with Gasteiger partial charge in [0, 0.05) is 6.61 Å². The molecule has 0 aliphatic heterocycles. The molecule has 0 fully saturated rings. The van der Waals surface area contributed by atoms with Gasteiger partial charge in [-0.1, -0.05) is 79.2 Å². The number of aryl methyl sites for hydroxylation is 2. The molecule has 0 bridgehead atoms. The van der Waals surface area contributed by atoms with E-state index in [0.29, 0.717) is 26.4 Å². The van der Waals surface area contributed by atoms with Crippen LogP contribution in [0.3, 0.4) is 0 Å². The lowest BCUT2D eigenvalue weighted by atomic mass is 9.67. The summed E-state index contributed by atoms with van der Waals surface area (Å²) in [6.07, 6.45) is 0.970. The smallest absolute Gasteiger partial charge is 0.122 e. The van der Waals surface area contributed by atoms with Crippen molar-refractivity contribution in [1.29, 1.82) is 0 Å². The predicted octanol–water partition coefficient (Wildman–Crippen LogP) is 9.55. The first-order valence-electron chi connectivity index (χ1n) is 15.9. The first-order chi connectivity index (χ1) is 22.0. The van der Waals surface area contributed by atoms with Crippen LogP contribution in [0.4, 0.5) is 0 Å². The molecule has 4 heteroatoms. The van der Waals surface area contributed by atoms with Gasteiger partial charge < -0.3 is 18.9 Å². The summed E-state index contributed by atoms with van der Waals surface area (Å²) in [6, 6.07) is 37.5. The van der Waals surface area contributed by atoms with Crippen LogP contribution in [-0.2, 0) is 10.2 Å². The van der Waals surface area contributed by atoms with Crippen molar-refractivity contribution in [3.05, 3.63) is 137 Å². The van der Waals surface area contributed by atoms with Crippen molar-refractivity contribution in [2.24, 2.45) is 0 Å². The number of hydrogen-bond acceptors (Lipinski definition) is 4. The third kappa shape index (κ3) is 5.71. The Morgan fingerprint density at radius 1 is 0.578 bits per heavy atom. The van der Waals surface area contributed by atoms with Gasteiger partial charge >= 0.3 is 0 Å². The predicted molar refractivity (Wildman–Crippen MR) is 183 cm³/mol. The Morgan fingerprint density at radius 3 is 1.78 bits per heavy atom. The van der Waals surface area contributed by atoms with E-state index in [9.17, 15) is 0 Å². The fraction of sp³-hybridized carbons (Fsp3) is 0.268. The Bertz CT molecular complexity index is 1770. The minimum absolute atomic E-state index is 0.520. The van der Waals surface area contributed by atoms with E-state index >= 15 is 0 Å². The van der Waals surface area contributed by atoms with Crippen molar-refractivity contribution < 1.29 is 18.9 Å². The molecule has 1 aliphatic carbocycles. The maximum Gasteiger partial charge on any atom is 0.122 e. The summed E-state index contributed by atoms with van der Waals surface area (Å²) in [7, 11) is 1.73. The molecule has 0 saturated carbocycles. The monoisotopic (exact) mass is 598 g/mol. The van der Waals surface area contributed by atoms with E-state index in [1.807, 2.05) is 6.92 Å². The fourth-order valence-corrected chi connectivity index (χ4v) is 6.59. The highest BCUT2D eigenvalue weighted by Crippen LogP contribution is 2.57. The standard InChI is InChI=1S/C41H42O4/c1-6-22-44-34-16-12-32(13-17-34)41(33-14-18-35(19-15-33)45-24-23-43-7-2)38-25-28(3)8-20-36(38)37-21-11-30(26-39(37)41)31-10-9-29(4)40(27-31)42-5/h8-21,25-27H,6-7,22-24H2,1-5H3. The van der Waals surface area contributed by atoms with Crippen molar-refractivity contribution >= 4 is 0 Å². The summed E-state index contributed by atoms with van der Waals surface area (Å²) in [4.78, 5) is 0. The van der Waals surface area contributed by atoms with Crippen molar-refractivity contribution in [3.63, 3.8) is 0 Å². The molecule has 0 saturated heterocycles. The number of methoxy groups -OCH3 is 1. The molecule has 45 heavy (non-hydrogen) atoms. The molecule has 230 valence electrons. The van der Waals surface area contributed by atoms with Crippen molar-refractivity contribution in [1.82, 2.24) is 0 Å². The van der Waals surface area contributed by atoms with E-state index in [4.69, 9.17) is 18.9 Å². The summed E-state index contributed by atoms with van der Waals surface area (Å²) < 4.78 is 23.2.